The third-order valence-electron chi connectivity index (χ3n) is 11.1. The summed E-state index contributed by atoms with van der Waals surface area (Å²) in [5, 5.41) is 0. The van der Waals surface area contributed by atoms with Gasteiger partial charge >= 0.3 is 0 Å². The Balaban J connectivity index is 1.08. The molecule has 0 aliphatic carbocycles. The molecular weight excluding hydrogens is 761 g/mol. The first kappa shape index (κ1) is 37.6. The number of fused-ring (bicyclic) bond motifs is 1. The van der Waals surface area contributed by atoms with Crippen molar-refractivity contribution in [3.8, 4) is 0 Å². The second kappa shape index (κ2) is 16.5. The summed E-state index contributed by atoms with van der Waals surface area (Å²) in [6.45, 7) is 2.57. The molecule has 2 aromatic heterocycles. The Morgan fingerprint density at radius 3 is 1.17 bits per heavy atom. The van der Waals surface area contributed by atoms with Crippen molar-refractivity contribution in [1.82, 2.24) is 9.80 Å². The number of benzene rings is 4. The summed E-state index contributed by atoms with van der Waals surface area (Å²) in [6, 6.07) is 39.7. The fourth-order valence-corrected chi connectivity index (χ4v) is 8.39. The van der Waals surface area contributed by atoms with E-state index in [9.17, 15) is 0 Å². The summed E-state index contributed by atoms with van der Waals surface area (Å²) < 4.78 is 34.1. The quantitative estimate of drug-likeness (QED) is 0.106. The Morgan fingerprint density at radius 2 is 0.817 bits per heavy atom. The molecule has 302 valence electrons. The van der Waals surface area contributed by atoms with Gasteiger partial charge in [0.15, 0.2) is 12.6 Å². The number of rotatable bonds is 14. The predicted octanol–water partition coefficient (Wildman–Crippen LogP) is 9.15. The van der Waals surface area contributed by atoms with Crippen molar-refractivity contribution in [2.24, 2.45) is 0 Å². The van der Waals surface area contributed by atoms with E-state index in [1.54, 1.807) is 34.9 Å². The lowest BCUT2D eigenvalue weighted by molar-refractivity contribution is -0.125. The van der Waals surface area contributed by atoms with Gasteiger partial charge in [-0.3, -0.25) is 9.59 Å². The number of hydrogen-bond donors (Lipinski definition) is 0. The zero-order valence-corrected chi connectivity index (χ0v) is 32.7. The molecule has 12 nitrogen and oxygen atoms in total. The first-order valence-corrected chi connectivity index (χ1v) is 20.2. The molecule has 2 fully saturated rings. The third kappa shape index (κ3) is 7.09. The number of anilines is 6. The second-order valence-electron chi connectivity index (χ2n) is 14.7. The van der Waals surface area contributed by atoms with Crippen molar-refractivity contribution in [3.05, 3.63) is 169 Å². The van der Waals surface area contributed by atoms with Gasteiger partial charge in [-0.2, -0.15) is 0 Å². The molecule has 2 amide bonds. The topological polar surface area (TPSA) is 110 Å². The van der Waals surface area contributed by atoms with Crippen LogP contribution in [0.15, 0.2) is 166 Å². The van der Waals surface area contributed by atoms with E-state index in [-0.39, 0.29) is 11.8 Å². The molecule has 0 spiro atoms. The van der Waals surface area contributed by atoms with E-state index in [0.717, 1.165) is 45.3 Å². The summed E-state index contributed by atoms with van der Waals surface area (Å²) in [5.74, 6) is -0.502. The highest BCUT2D eigenvalue weighted by Crippen LogP contribution is 2.48. The highest BCUT2D eigenvalue weighted by Gasteiger charge is 2.49. The predicted molar refractivity (Wildman–Crippen MR) is 225 cm³/mol. The Labute approximate surface area is 347 Å². The molecule has 10 rings (SSSR count). The van der Waals surface area contributed by atoms with Gasteiger partial charge in [0, 0.05) is 60.8 Å². The fraction of sp³-hybridized carbons (Fsp3) is 0.208. The molecule has 0 atom stereocenters. The standard InChI is InChI=1S/C48H42N4O8/c53-47-43-44(46(50(47)24-20-42-59-29-30-60-42)34-13-17-38(18-14-34)52(40-22-26-56-32-40)36-9-5-2-6-10-36)48(54)49(23-19-41-57-27-28-58-41)45(43)33-11-15-37(16-12-33)51(39-21-25-55-31-39)35-7-3-1-4-8-35/h1-18,21-22,25-26,31-32,41-42H,19-20,23-24,27-30H2. The molecule has 0 bridgehead atoms. The Bertz CT molecular complexity index is 2310. The zero-order valence-electron chi connectivity index (χ0n) is 32.7. The number of carbonyl (C=O) groups excluding carboxylic acids is 2. The Morgan fingerprint density at radius 1 is 0.450 bits per heavy atom. The molecule has 6 aromatic rings. The number of carbonyl (C=O) groups is 2. The molecule has 60 heavy (non-hydrogen) atoms. The Kier molecular flexibility index (Phi) is 10.3. The van der Waals surface area contributed by atoms with E-state index < -0.39 is 12.6 Å². The molecule has 6 heterocycles. The summed E-state index contributed by atoms with van der Waals surface area (Å²) in [6.07, 6.45) is 6.69. The van der Waals surface area contributed by atoms with E-state index >= 15 is 9.59 Å². The van der Waals surface area contributed by atoms with Crippen LogP contribution in [0.2, 0.25) is 0 Å². The van der Waals surface area contributed by atoms with Gasteiger partial charge in [0.2, 0.25) is 0 Å². The van der Waals surface area contributed by atoms with Gasteiger partial charge in [-0.15, -0.1) is 0 Å². The van der Waals surface area contributed by atoms with Crippen LogP contribution in [-0.2, 0) is 28.5 Å². The van der Waals surface area contributed by atoms with Crippen molar-refractivity contribution in [1.29, 1.82) is 0 Å². The lowest BCUT2D eigenvalue weighted by Gasteiger charge is -2.27. The molecule has 4 aliphatic heterocycles. The van der Waals surface area contributed by atoms with Crippen LogP contribution in [0.3, 0.4) is 0 Å². The number of hydrogen-bond acceptors (Lipinski definition) is 10. The smallest absolute Gasteiger partial charge is 0.261 e. The van der Waals surface area contributed by atoms with Crippen LogP contribution in [0.4, 0.5) is 34.1 Å². The maximum Gasteiger partial charge on any atom is 0.261 e. The van der Waals surface area contributed by atoms with Crippen LogP contribution in [0.25, 0.3) is 11.4 Å². The fourth-order valence-electron chi connectivity index (χ4n) is 8.39. The SMILES string of the molecule is O=C1C2=C(c3ccc(N(c4ccccc4)c4ccoc4)cc3)N(CCC3OCCO3)C(=O)C2=C(c2ccc(N(c3ccccc3)c3ccoc3)cc2)N1CCC1OCCO1. The molecule has 4 aromatic carbocycles. The van der Waals surface area contributed by atoms with E-state index in [2.05, 4.69) is 9.80 Å². The van der Waals surface area contributed by atoms with Crippen molar-refractivity contribution in [2.45, 2.75) is 25.4 Å². The van der Waals surface area contributed by atoms with E-state index in [4.69, 9.17) is 27.8 Å². The van der Waals surface area contributed by atoms with Crippen molar-refractivity contribution >= 4 is 57.3 Å². The van der Waals surface area contributed by atoms with Crippen molar-refractivity contribution in [2.75, 3.05) is 49.3 Å². The number of amides is 2. The first-order chi connectivity index (χ1) is 29.6. The molecule has 0 saturated carbocycles. The highest BCUT2D eigenvalue weighted by atomic mass is 16.7. The van der Waals surface area contributed by atoms with Gasteiger partial charge in [0.05, 0.1) is 72.9 Å². The summed E-state index contributed by atoms with van der Waals surface area (Å²) in [7, 11) is 0. The minimum absolute atomic E-state index is 0.251. The van der Waals surface area contributed by atoms with Crippen LogP contribution in [0.5, 0.6) is 0 Å². The lowest BCUT2D eigenvalue weighted by Crippen LogP contribution is -2.33. The lowest BCUT2D eigenvalue weighted by atomic mass is 10.0. The maximum absolute atomic E-state index is 15.0. The van der Waals surface area contributed by atoms with Gasteiger partial charge in [0.25, 0.3) is 11.8 Å². The minimum atomic E-state index is -0.441. The van der Waals surface area contributed by atoms with Gasteiger partial charge in [-0.05, 0) is 59.7 Å². The second-order valence-corrected chi connectivity index (χ2v) is 14.7. The third-order valence-corrected chi connectivity index (χ3v) is 11.1. The zero-order chi connectivity index (χ0) is 40.4. The van der Waals surface area contributed by atoms with Crippen LogP contribution in [0.1, 0.15) is 24.0 Å². The number of nitrogens with zero attached hydrogens (tertiary/aromatic N) is 4. The average molecular weight is 803 g/mol. The molecule has 0 N–H and O–H groups in total. The molecule has 12 heteroatoms. The number of furan rings is 2. The molecule has 4 aliphatic rings. The van der Waals surface area contributed by atoms with Crippen LogP contribution in [-0.4, -0.2) is 73.7 Å². The van der Waals surface area contributed by atoms with Crippen LogP contribution >= 0.6 is 0 Å². The number of ether oxygens (including phenoxy) is 4. The maximum atomic E-state index is 15.0. The molecule has 0 unspecified atom stereocenters. The molecule has 2 saturated heterocycles. The molecule has 0 radical (unpaired) electrons. The summed E-state index contributed by atoms with van der Waals surface area (Å²) >= 11 is 0. The van der Waals surface area contributed by atoms with Gasteiger partial charge in [-0.1, -0.05) is 60.7 Å². The van der Waals surface area contributed by atoms with E-state index in [1.165, 1.54) is 0 Å². The molecular formula is C48H42N4O8. The van der Waals surface area contributed by atoms with Crippen LogP contribution < -0.4 is 9.80 Å². The van der Waals surface area contributed by atoms with E-state index in [1.807, 2.05) is 121 Å². The Hall–Kier alpha value is -6.70. The van der Waals surface area contributed by atoms with Gasteiger partial charge in [-0.25, -0.2) is 0 Å². The number of para-hydroxylation sites is 2. The minimum Gasteiger partial charge on any atom is -0.470 e. The highest BCUT2D eigenvalue weighted by molar-refractivity contribution is 6.30. The summed E-state index contributed by atoms with van der Waals surface area (Å²) in [5.41, 5.74) is 8.71. The van der Waals surface area contributed by atoms with Gasteiger partial charge in [0.1, 0.15) is 12.5 Å². The first-order valence-electron chi connectivity index (χ1n) is 20.2. The van der Waals surface area contributed by atoms with E-state index in [0.29, 0.717) is 74.9 Å². The largest absolute Gasteiger partial charge is 0.470 e. The van der Waals surface area contributed by atoms with Gasteiger partial charge < -0.3 is 47.4 Å². The average Bonchev–Trinajstić information content (AvgIpc) is 4.16. The van der Waals surface area contributed by atoms with Crippen molar-refractivity contribution in [3.63, 3.8) is 0 Å². The normalized spacial score (nSPS) is 17.1. The van der Waals surface area contributed by atoms with Crippen molar-refractivity contribution < 1.29 is 37.4 Å². The summed E-state index contributed by atoms with van der Waals surface area (Å²) in [4.78, 5) is 37.7. The van der Waals surface area contributed by atoms with Crippen LogP contribution in [0, 0.1) is 0 Å². The monoisotopic (exact) mass is 802 g/mol.